The fraction of sp³-hybridized carbons (Fsp3) is 0.533. The molecule has 1 aromatic rings. The number of carbonyl (C=O) groups excluding carboxylic acids is 1. The van der Waals surface area contributed by atoms with Crippen molar-refractivity contribution in [2.45, 2.75) is 51.0 Å². The van der Waals surface area contributed by atoms with Crippen LogP contribution in [-0.2, 0) is 11.2 Å². The fourth-order valence-electron chi connectivity index (χ4n) is 2.53. The lowest BCUT2D eigenvalue weighted by Gasteiger charge is -2.16. The standard InChI is InChI=1S/C15H20BrNO/c16-13-7-5-6-12(10-13)11-15(18)17-14-8-3-1-2-4-9-14/h5-7,10,14H,1-4,8-9,11H2,(H,17,18). The zero-order valence-corrected chi connectivity index (χ0v) is 12.2. The monoisotopic (exact) mass is 309 g/mol. The Morgan fingerprint density at radius 2 is 1.94 bits per heavy atom. The molecule has 18 heavy (non-hydrogen) atoms. The topological polar surface area (TPSA) is 29.1 Å². The molecule has 1 amide bonds. The summed E-state index contributed by atoms with van der Waals surface area (Å²) in [4.78, 5) is 12.0. The van der Waals surface area contributed by atoms with E-state index in [9.17, 15) is 4.79 Å². The van der Waals surface area contributed by atoms with Gasteiger partial charge in [-0.05, 0) is 30.5 Å². The second-order valence-corrected chi connectivity index (χ2v) is 5.98. The van der Waals surface area contributed by atoms with Crippen LogP contribution in [0.3, 0.4) is 0 Å². The van der Waals surface area contributed by atoms with E-state index in [4.69, 9.17) is 0 Å². The summed E-state index contributed by atoms with van der Waals surface area (Å²) in [7, 11) is 0. The van der Waals surface area contributed by atoms with E-state index in [0.29, 0.717) is 12.5 Å². The Morgan fingerprint density at radius 3 is 2.61 bits per heavy atom. The zero-order valence-electron chi connectivity index (χ0n) is 10.6. The first-order valence-corrected chi connectivity index (χ1v) is 7.57. The molecule has 3 heteroatoms. The van der Waals surface area contributed by atoms with E-state index in [2.05, 4.69) is 21.2 Å². The first-order valence-electron chi connectivity index (χ1n) is 6.78. The van der Waals surface area contributed by atoms with E-state index in [1.807, 2.05) is 24.3 Å². The summed E-state index contributed by atoms with van der Waals surface area (Å²) >= 11 is 3.43. The van der Waals surface area contributed by atoms with Crippen molar-refractivity contribution >= 4 is 21.8 Å². The second kappa shape index (κ2) is 6.93. The molecule has 1 saturated carbocycles. The minimum Gasteiger partial charge on any atom is -0.353 e. The average molecular weight is 310 g/mol. The van der Waals surface area contributed by atoms with Crippen LogP contribution >= 0.6 is 15.9 Å². The van der Waals surface area contributed by atoms with Crippen molar-refractivity contribution in [2.75, 3.05) is 0 Å². The van der Waals surface area contributed by atoms with E-state index in [-0.39, 0.29) is 5.91 Å². The summed E-state index contributed by atoms with van der Waals surface area (Å²) in [5.74, 6) is 0.153. The van der Waals surface area contributed by atoms with Crippen molar-refractivity contribution in [2.24, 2.45) is 0 Å². The molecule has 0 heterocycles. The lowest BCUT2D eigenvalue weighted by atomic mass is 10.1. The van der Waals surface area contributed by atoms with Gasteiger partial charge in [0.1, 0.15) is 0 Å². The molecule has 0 saturated heterocycles. The van der Waals surface area contributed by atoms with Gasteiger partial charge in [0.25, 0.3) is 0 Å². The minimum absolute atomic E-state index is 0.153. The third-order valence-electron chi connectivity index (χ3n) is 3.47. The smallest absolute Gasteiger partial charge is 0.224 e. The van der Waals surface area contributed by atoms with Crippen LogP contribution < -0.4 is 5.32 Å². The predicted octanol–water partition coefficient (Wildman–Crippen LogP) is 3.83. The van der Waals surface area contributed by atoms with Gasteiger partial charge in [-0.25, -0.2) is 0 Å². The Bertz CT molecular complexity index is 397. The van der Waals surface area contributed by atoms with Gasteiger partial charge in [-0.3, -0.25) is 4.79 Å². The van der Waals surface area contributed by atoms with Gasteiger partial charge < -0.3 is 5.32 Å². The van der Waals surface area contributed by atoms with Crippen molar-refractivity contribution in [1.29, 1.82) is 0 Å². The molecular weight excluding hydrogens is 290 g/mol. The van der Waals surface area contributed by atoms with E-state index in [1.54, 1.807) is 0 Å². The molecule has 98 valence electrons. The quantitative estimate of drug-likeness (QED) is 0.845. The summed E-state index contributed by atoms with van der Waals surface area (Å²) in [6.07, 6.45) is 7.91. The number of carbonyl (C=O) groups is 1. The highest BCUT2D eigenvalue weighted by atomic mass is 79.9. The molecule has 0 unspecified atom stereocenters. The molecule has 1 aliphatic rings. The van der Waals surface area contributed by atoms with Gasteiger partial charge in [-0.1, -0.05) is 53.7 Å². The number of hydrogen-bond donors (Lipinski definition) is 1. The fourth-order valence-corrected chi connectivity index (χ4v) is 2.98. The Hall–Kier alpha value is -0.830. The van der Waals surface area contributed by atoms with E-state index in [1.165, 1.54) is 25.7 Å². The molecule has 2 rings (SSSR count). The Labute approximate surface area is 117 Å². The number of rotatable bonds is 3. The van der Waals surface area contributed by atoms with Crippen LogP contribution in [0.15, 0.2) is 28.7 Å². The van der Waals surface area contributed by atoms with E-state index in [0.717, 1.165) is 22.9 Å². The molecule has 0 bridgehead atoms. The highest BCUT2D eigenvalue weighted by molar-refractivity contribution is 9.10. The molecule has 0 aliphatic heterocycles. The molecule has 1 N–H and O–H groups in total. The van der Waals surface area contributed by atoms with E-state index >= 15 is 0 Å². The SMILES string of the molecule is O=C(Cc1cccc(Br)c1)NC1CCCCCC1. The van der Waals surface area contributed by atoms with Crippen molar-refractivity contribution in [1.82, 2.24) is 5.32 Å². The highest BCUT2D eigenvalue weighted by Gasteiger charge is 2.14. The molecule has 1 fully saturated rings. The van der Waals surface area contributed by atoms with Crippen molar-refractivity contribution in [3.63, 3.8) is 0 Å². The van der Waals surface area contributed by atoms with Crippen LogP contribution in [0.4, 0.5) is 0 Å². The van der Waals surface area contributed by atoms with Gasteiger partial charge in [0.2, 0.25) is 5.91 Å². The summed E-state index contributed by atoms with van der Waals surface area (Å²) in [6, 6.07) is 8.35. The minimum atomic E-state index is 0.153. The first kappa shape index (κ1) is 13.6. The predicted molar refractivity (Wildman–Crippen MR) is 77.5 cm³/mol. The molecule has 0 atom stereocenters. The van der Waals surface area contributed by atoms with Gasteiger partial charge in [0.15, 0.2) is 0 Å². The Kier molecular flexibility index (Phi) is 5.24. The average Bonchev–Trinajstić information content (AvgIpc) is 2.57. The van der Waals surface area contributed by atoms with Crippen LogP contribution in [0.25, 0.3) is 0 Å². The molecule has 0 aromatic heterocycles. The Balaban J connectivity index is 1.84. The lowest BCUT2D eigenvalue weighted by Crippen LogP contribution is -2.35. The van der Waals surface area contributed by atoms with Crippen molar-refractivity contribution in [3.05, 3.63) is 34.3 Å². The van der Waals surface area contributed by atoms with Gasteiger partial charge in [-0.2, -0.15) is 0 Å². The lowest BCUT2D eigenvalue weighted by molar-refractivity contribution is -0.121. The normalized spacial score (nSPS) is 17.2. The largest absolute Gasteiger partial charge is 0.353 e. The number of nitrogens with one attached hydrogen (secondary N) is 1. The van der Waals surface area contributed by atoms with E-state index < -0.39 is 0 Å². The summed E-state index contributed by atoms with van der Waals surface area (Å²) < 4.78 is 1.03. The second-order valence-electron chi connectivity index (χ2n) is 5.06. The number of benzene rings is 1. The summed E-state index contributed by atoms with van der Waals surface area (Å²) in [5, 5.41) is 3.17. The molecule has 0 radical (unpaired) electrons. The van der Waals surface area contributed by atoms with Crippen LogP contribution in [-0.4, -0.2) is 11.9 Å². The first-order chi connectivity index (χ1) is 8.74. The highest BCUT2D eigenvalue weighted by Crippen LogP contribution is 2.17. The maximum Gasteiger partial charge on any atom is 0.224 e. The molecule has 1 aromatic carbocycles. The van der Waals surface area contributed by atoms with Crippen LogP contribution in [0.1, 0.15) is 44.1 Å². The molecular formula is C15H20BrNO. The van der Waals surface area contributed by atoms with Crippen molar-refractivity contribution in [3.8, 4) is 0 Å². The number of amides is 1. The maximum absolute atomic E-state index is 12.0. The maximum atomic E-state index is 12.0. The van der Waals surface area contributed by atoms with Crippen LogP contribution in [0, 0.1) is 0 Å². The van der Waals surface area contributed by atoms with Gasteiger partial charge >= 0.3 is 0 Å². The van der Waals surface area contributed by atoms with Crippen LogP contribution in [0.2, 0.25) is 0 Å². The number of hydrogen-bond acceptors (Lipinski definition) is 1. The number of halogens is 1. The van der Waals surface area contributed by atoms with Gasteiger partial charge in [-0.15, -0.1) is 0 Å². The molecule has 0 spiro atoms. The molecule has 1 aliphatic carbocycles. The third-order valence-corrected chi connectivity index (χ3v) is 3.97. The van der Waals surface area contributed by atoms with Crippen LogP contribution in [0.5, 0.6) is 0 Å². The summed E-state index contributed by atoms with van der Waals surface area (Å²) in [5.41, 5.74) is 1.07. The molecule has 2 nitrogen and oxygen atoms in total. The van der Waals surface area contributed by atoms with Gasteiger partial charge in [0.05, 0.1) is 6.42 Å². The Morgan fingerprint density at radius 1 is 1.22 bits per heavy atom. The van der Waals surface area contributed by atoms with Gasteiger partial charge in [0, 0.05) is 10.5 Å². The summed E-state index contributed by atoms with van der Waals surface area (Å²) in [6.45, 7) is 0. The third kappa shape index (κ3) is 4.45. The van der Waals surface area contributed by atoms with Crippen molar-refractivity contribution < 1.29 is 4.79 Å². The zero-order chi connectivity index (χ0) is 12.8.